The van der Waals surface area contributed by atoms with E-state index in [2.05, 4.69) is 128 Å². The fourth-order valence-corrected chi connectivity index (χ4v) is 9.78. The lowest BCUT2D eigenvalue weighted by Crippen LogP contribution is -2.66. The van der Waals surface area contributed by atoms with Gasteiger partial charge < -0.3 is 4.43 Å². The number of hydrogen-bond acceptors (Lipinski definition) is 3. The monoisotopic (exact) mass is 510 g/mol. The third-order valence-corrected chi connectivity index (χ3v) is 12.1. The number of benzene rings is 3. The van der Waals surface area contributed by atoms with Crippen molar-refractivity contribution in [3.63, 3.8) is 0 Å². The van der Waals surface area contributed by atoms with Crippen LogP contribution in [-0.4, -0.2) is 26.5 Å². The number of amides is 1. The van der Waals surface area contributed by atoms with Crippen LogP contribution in [0.4, 0.5) is 0 Å². The van der Waals surface area contributed by atoms with Gasteiger partial charge in [-0.1, -0.05) is 125 Å². The number of hydrazone groups is 1. The van der Waals surface area contributed by atoms with E-state index in [1.807, 2.05) is 6.92 Å². The predicted octanol–water partition coefficient (Wildman–Crippen LogP) is 5.92. The number of rotatable bonds is 9. The lowest BCUT2D eigenvalue weighted by molar-refractivity contribution is -0.121. The van der Waals surface area contributed by atoms with Crippen LogP contribution in [-0.2, 0) is 9.22 Å². The standard InChI is InChI=1S/C32H38N2O2Si/c1-25-24-30(35)33-34-31(25)27-21-19-26(20-22-27)14-8-7-13-23-36-37(32(2,3)4,28-15-9-5-10-16-28)29-17-11-6-12-18-29/h5-6,8-12,14-22,25H,7,13,23-24H2,1-4H3,(H,33,35). The summed E-state index contributed by atoms with van der Waals surface area (Å²) >= 11 is 0. The number of nitrogens with one attached hydrogen (secondary N) is 1. The van der Waals surface area contributed by atoms with Gasteiger partial charge in [-0.3, -0.25) is 4.79 Å². The van der Waals surface area contributed by atoms with Gasteiger partial charge in [-0.05, 0) is 39.4 Å². The molecule has 192 valence electrons. The smallest absolute Gasteiger partial charge is 0.261 e. The molecule has 37 heavy (non-hydrogen) atoms. The molecule has 1 atom stereocenters. The molecule has 0 spiro atoms. The zero-order valence-electron chi connectivity index (χ0n) is 22.4. The van der Waals surface area contributed by atoms with E-state index >= 15 is 0 Å². The van der Waals surface area contributed by atoms with Crippen molar-refractivity contribution in [1.82, 2.24) is 5.43 Å². The van der Waals surface area contributed by atoms with E-state index in [0.29, 0.717) is 6.42 Å². The number of allylic oxidation sites excluding steroid dienone is 1. The fourth-order valence-electron chi connectivity index (χ4n) is 5.17. The minimum Gasteiger partial charge on any atom is -0.407 e. The van der Waals surface area contributed by atoms with Crippen LogP contribution in [0.25, 0.3) is 6.08 Å². The van der Waals surface area contributed by atoms with Crippen molar-refractivity contribution in [2.45, 2.75) is 52.0 Å². The summed E-state index contributed by atoms with van der Waals surface area (Å²) in [6, 6.07) is 30.0. The maximum absolute atomic E-state index is 11.5. The van der Waals surface area contributed by atoms with Crippen LogP contribution in [0.5, 0.6) is 0 Å². The van der Waals surface area contributed by atoms with Crippen LogP contribution in [0.3, 0.4) is 0 Å². The van der Waals surface area contributed by atoms with Crippen molar-refractivity contribution < 1.29 is 9.22 Å². The summed E-state index contributed by atoms with van der Waals surface area (Å²) in [5.41, 5.74) is 5.75. The number of hydrogen-bond donors (Lipinski definition) is 1. The Labute approximate surface area is 222 Å². The van der Waals surface area contributed by atoms with Crippen molar-refractivity contribution in [1.29, 1.82) is 0 Å². The van der Waals surface area contributed by atoms with Crippen LogP contribution >= 0.6 is 0 Å². The van der Waals surface area contributed by atoms with Crippen LogP contribution < -0.4 is 15.8 Å². The Bertz CT molecular complexity index is 1190. The second kappa shape index (κ2) is 11.8. The summed E-state index contributed by atoms with van der Waals surface area (Å²) < 4.78 is 6.98. The highest BCUT2D eigenvalue weighted by Crippen LogP contribution is 2.36. The van der Waals surface area contributed by atoms with Gasteiger partial charge in [0.15, 0.2) is 0 Å². The Kier molecular flexibility index (Phi) is 8.57. The molecule has 1 aliphatic heterocycles. The Morgan fingerprint density at radius 3 is 2.08 bits per heavy atom. The zero-order valence-corrected chi connectivity index (χ0v) is 23.4. The average Bonchev–Trinajstić information content (AvgIpc) is 2.89. The van der Waals surface area contributed by atoms with Gasteiger partial charge in [0.2, 0.25) is 5.91 Å². The molecule has 1 N–H and O–H groups in total. The van der Waals surface area contributed by atoms with Crippen molar-refractivity contribution in [3.8, 4) is 0 Å². The molecule has 1 amide bonds. The molecule has 3 aromatic carbocycles. The zero-order chi connectivity index (χ0) is 26.3. The van der Waals surface area contributed by atoms with Crippen molar-refractivity contribution in [2.75, 3.05) is 6.61 Å². The molecule has 0 radical (unpaired) electrons. The summed E-state index contributed by atoms with van der Waals surface area (Å²) in [4.78, 5) is 11.5. The summed E-state index contributed by atoms with van der Waals surface area (Å²) in [7, 11) is -2.47. The van der Waals surface area contributed by atoms with Crippen LogP contribution in [0.15, 0.2) is 96.1 Å². The normalized spacial score (nSPS) is 16.5. The maximum atomic E-state index is 11.5. The Morgan fingerprint density at radius 1 is 0.946 bits per heavy atom. The summed E-state index contributed by atoms with van der Waals surface area (Å²) in [6.07, 6.45) is 6.80. The fraction of sp³-hybridized carbons (Fsp3) is 0.312. The van der Waals surface area contributed by atoms with E-state index in [0.717, 1.165) is 36.3 Å². The molecule has 1 aliphatic rings. The van der Waals surface area contributed by atoms with Gasteiger partial charge in [-0.15, -0.1) is 0 Å². The highest BCUT2D eigenvalue weighted by molar-refractivity contribution is 6.99. The largest absolute Gasteiger partial charge is 0.407 e. The SMILES string of the molecule is CC1CC(=O)NN=C1c1ccc(C=CCCCO[Si](c2ccccc2)(c2ccccc2)C(C)(C)C)cc1. The number of carbonyl (C=O) groups excluding carboxylic acids is 1. The second-order valence-electron chi connectivity index (χ2n) is 10.8. The molecule has 0 saturated carbocycles. The van der Waals surface area contributed by atoms with Crippen LogP contribution in [0.2, 0.25) is 5.04 Å². The molecule has 0 bridgehead atoms. The van der Waals surface area contributed by atoms with E-state index in [1.165, 1.54) is 10.4 Å². The quantitative estimate of drug-likeness (QED) is 0.287. The average molecular weight is 511 g/mol. The van der Waals surface area contributed by atoms with Gasteiger partial charge >= 0.3 is 0 Å². The molecule has 0 aromatic heterocycles. The molecule has 0 aliphatic carbocycles. The Balaban J connectivity index is 1.40. The Morgan fingerprint density at radius 2 is 1.54 bits per heavy atom. The second-order valence-corrected chi connectivity index (χ2v) is 15.1. The number of unbranched alkanes of at least 4 members (excludes halogenated alkanes) is 1. The first-order valence-corrected chi connectivity index (χ1v) is 15.1. The number of nitrogens with zero attached hydrogens (tertiary/aromatic N) is 1. The van der Waals surface area contributed by atoms with E-state index in [1.54, 1.807) is 0 Å². The highest BCUT2D eigenvalue weighted by atomic mass is 28.4. The van der Waals surface area contributed by atoms with E-state index in [-0.39, 0.29) is 16.9 Å². The molecule has 1 heterocycles. The molecule has 5 heteroatoms. The van der Waals surface area contributed by atoms with Gasteiger partial charge in [0.1, 0.15) is 0 Å². The molecule has 4 rings (SSSR count). The summed E-state index contributed by atoms with van der Waals surface area (Å²) in [6.45, 7) is 9.71. The topological polar surface area (TPSA) is 50.7 Å². The van der Waals surface area contributed by atoms with Gasteiger partial charge in [0.05, 0.1) is 5.71 Å². The Hall–Kier alpha value is -3.28. The first-order valence-electron chi connectivity index (χ1n) is 13.2. The van der Waals surface area contributed by atoms with Crippen molar-refractivity contribution in [2.24, 2.45) is 11.0 Å². The summed E-state index contributed by atoms with van der Waals surface area (Å²) in [5.74, 6) is 0.111. The van der Waals surface area contributed by atoms with Gasteiger partial charge in [0.25, 0.3) is 8.32 Å². The highest BCUT2D eigenvalue weighted by Gasteiger charge is 2.49. The van der Waals surface area contributed by atoms with E-state index < -0.39 is 8.32 Å². The maximum Gasteiger partial charge on any atom is 0.261 e. The van der Waals surface area contributed by atoms with Crippen molar-refractivity contribution >= 4 is 36.4 Å². The third kappa shape index (κ3) is 6.17. The van der Waals surface area contributed by atoms with Gasteiger partial charge in [0, 0.05) is 18.9 Å². The van der Waals surface area contributed by atoms with Crippen molar-refractivity contribution in [3.05, 3.63) is 102 Å². The van der Waals surface area contributed by atoms with Crippen LogP contribution in [0.1, 0.15) is 58.1 Å². The molecule has 1 unspecified atom stereocenters. The molecule has 3 aromatic rings. The van der Waals surface area contributed by atoms with Gasteiger partial charge in [-0.2, -0.15) is 5.10 Å². The van der Waals surface area contributed by atoms with Gasteiger partial charge in [-0.25, -0.2) is 5.43 Å². The first kappa shape index (κ1) is 26.8. The lowest BCUT2D eigenvalue weighted by Gasteiger charge is -2.43. The summed E-state index contributed by atoms with van der Waals surface area (Å²) in [5, 5.41) is 6.89. The van der Waals surface area contributed by atoms with E-state index in [4.69, 9.17) is 4.43 Å². The molecule has 0 saturated heterocycles. The minimum absolute atomic E-state index is 0.00374. The minimum atomic E-state index is -2.47. The number of carbonyl (C=O) groups is 1. The molecule has 0 fully saturated rings. The predicted molar refractivity (Wildman–Crippen MR) is 157 cm³/mol. The molecule has 4 nitrogen and oxygen atoms in total. The molecular weight excluding hydrogens is 472 g/mol. The first-order chi connectivity index (χ1) is 17.8. The van der Waals surface area contributed by atoms with E-state index in [9.17, 15) is 4.79 Å². The third-order valence-electron chi connectivity index (χ3n) is 7.03. The van der Waals surface area contributed by atoms with Crippen LogP contribution in [0, 0.1) is 5.92 Å². The lowest BCUT2D eigenvalue weighted by atomic mass is 9.93. The molecular formula is C32H38N2O2Si.